The third kappa shape index (κ3) is 4.12. The molecule has 0 amide bonds. The molecule has 1 heterocycles. The first-order valence-corrected chi connectivity index (χ1v) is 3.45. The molecule has 12 heavy (non-hydrogen) atoms. The van der Waals surface area contributed by atoms with Crippen molar-refractivity contribution in [2.24, 2.45) is 5.73 Å². The van der Waals surface area contributed by atoms with Gasteiger partial charge in [0.2, 0.25) is 0 Å². The number of halogens is 3. The Hall–Kier alpha value is -0.0200. The number of nitrogens with zero attached hydrogens (tertiary/aromatic N) is 1. The van der Waals surface area contributed by atoms with Gasteiger partial charge in [-0.25, -0.2) is 0 Å². The van der Waals surface area contributed by atoms with E-state index in [1.54, 1.807) is 12.3 Å². The fourth-order valence-corrected chi connectivity index (χ4v) is 0.768. The Labute approximate surface area is 89.3 Å². The largest absolute Gasteiger partial charge is 0.323 e. The van der Waals surface area contributed by atoms with Gasteiger partial charge in [-0.1, -0.05) is 11.6 Å². The molecule has 0 bridgehead atoms. The van der Waals surface area contributed by atoms with Crippen LogP contribution in [0.1, 0.15) is 18.7 Å². The monoisotopic (exact) mass is 228 g/mol. The van der Waals surface area contributed by atoms with Crippen LogP contribution in [0.2, 0.25) is 5.02 Å². The van der Waals surface area contributed by atoms with Crippen LogP contribution in [-0.4, -0.2) is 4.98 Å². The Morgan fingerprint density at radius 2 is 2.00 bits per heavy atom. The molecule has 0 aromatic carbocycles. The first-order valence-electron chi connectivity index (χ1n) is 3.07. The maximum atomic E-state index is 5.61. The molecule has 2 N–H and O–H groups in total. The first kappa shape index (κ1) is 14.5. The van der Waals surface area contributed by atoms with Crippen molar-refractivity contribution in [3.8, 4) is 0 Å². The topological polar surface area (TPSA) is 38.9 Å². The Balaban J connectivity index is 0. The van der Waals surface area contributed by atoms with Crippen molar-refractivity contribution in [3.63, 3.8) is 0 Å². The lowest BCUT2D eigenvalue weighted by Crippen LogP contribution is -2.06. The highest BCUT2D eigenvalue weighted by Gasteiger charge is 1.98. The molecule has 2 nitrogen and oxygen atoms in total. The molecule has 0 saturated heterocycles. The van der Waals surface area contributed by atoms with Crippen molar-refractivity contribution in [2.45, 2.75) is 13.0 Å². The Morgan fingerprint density at radius 3 is 2.33 bits per heavy atom. The maximum absolute atomic E-state index is 5.61. The smallest absolute Gasteiger partial charge is 0.0589 e. The standard InChI is InChI=1S/C7H9ClN2.2ClH/c1-5(9)7-3-2-6(8)4-10-7;;/h2-5H,9H2,1H3;2*1H/t5-;;/m1../s1. The van der Waals surface area contributed by atoms with Crippen LogP contribution in [0.3, 0.4) is 0 Å². The number of rotatable bonds is 1. The number of hydrogen-bond donors (Lipinski definition) is 1. The minimum Gasteiger partial charge on any atom is -0.323 e. The molecular weight excluding hydrogens is 218 g/mol. The van der Waals surface area contributed by atoms with E-state index < -0.39 is 0 Å². The van der Waals surface area contributed by atoms with Gasteiger partial charge < -0.3 is 5.73 Å². The molecule has 5 heteroatoms. The molecule has 0 radical (unpaired) electrons. The van der Waals surface area contributed by atoms with Gasteiger partial charge in [0.15, 0.2) is 0 Å². The average molecular weight is 230 g/mol. The first-order chi connectivity index (χ1) is 4.70. The van der Waals surface area contributed by atoms with Gasteiger partial charge in [0.25, 0.3) is 0 Å². The zero-order valence-corrected chi connectivity index (χ0v) is 8.92. The Morgan fingerprint density at radius 1 is 1.42 bits per heavy atom. The van der Waals surface area contributed by atoms with Crippen LogP contribution in [0.4, 0.5) is 0 Å². The third-order valence-corrected chi connectivity index (χ3v) is 1.44. The van der Waals surface area contributed by atoms with Crippen LogP contribution in [0.15, 0.2) is 18.3 Å². The zero-order valence-electron chi connectivity index (χ0n) is 6.53. The lowest BCUT2D eigenvalue weighted by molar-refractivity contribution is 0.781. The van der Waals surface area contributed by atoms with Gasteiger partial charge in [0, 0.05) is 12.2 Å². The number of hydrogen-bond acceptors (Lipinski definition) is 2. The van der Waals surface area contributed by atoms with E-state index in [-0.39, 0.29) is 30.9 Å². The van der Waals surface area contributed by atoms with Gasteiger partial charge >= 0.3 is 0 Å². The van der Waals surface area contributed by atoms with Crippen LogP contribution in [0.5, 0.6) is 0 Å². The van der Waals surface area contributed by atoms with E-state index in [1.165, 1.54) is 0 Å². The predicted octanol–water partition coefficient (Wildman–Crippen LogP) is 2.60. The summed E-state index contributed by atoms with van der Waals surface area (Å²) in [5.74, 6) is 0. The second kappa shape index (κ2) is 6.49. The number of pyridine rings is 1. The molecule has 1 atom stereocenters. The van der Waals surface area contributed by atoms with E-state index in [0.717, 1.165) is 5.69 Å². The normalized spacial score (nSPS) is 10.9. The van der Waals surface area contributed by atoms with Crippen LogP contribution < -0.4 is 5.73 Å². The van der Waals surface area contributed by atoms with Crippen molar-refractivity contribution < 1.29 is 0 Å². The van der Waals surface area contributed by atoms with Crippen LogP contribution in [0.25, 0.3) is 0 Å². The molecule has 0 aliphatic carbocycles. The molecule has 1 rings (SSSR count). The third-order valence-electron chi connectivity index (χ3n) is 1.22. The van der Waals surface area contributed by atoms with Gasteiger partial charge in [-0.2, -0.15) is 0 Å². The minimum absolute atomic E-state index is 0. The van der Waals surface area contributed by atoms with Crippen molar-refractivity contribution in [2.75, 3.05) is 0 Å². The predicted molar refractivity (Wildman–Crippen MR) is 56.3 cm³/mol. The van der Waals surface area contributed by atoms with E-state index >= 15 is 0 Å². The summed E-state index contributed by atoms with van der Waals surface area (Å²) in [7, 11) is 0. The summed E-state index contributed by atoms with van der Waals surface area (Å²) in [5.41, 5.74) is 6.42. The van der Waals surface area contributed by atoms with Gasteiger partial charge in [0.05, 0.1) is 10.7 Å². The van der Waals surface area contributed by atoms with E-state index in [1.807, 2.05) is 13.0 Å². The summed E-state index contributed by atoms with van der Waals surface area (Å²) in [5, 5.41) is 0.643. The van der Waals surface area contributed by atoms with Crippen molar-refractivity contribution in [1.29, 1.82) is 0 Å². The highest BCUT2D eigenvalue weighted by atomic mass is 35.5. The summed E-state index contributed by atoms with van der Waals surface area (Å²) >= 11 is 5.61. The molecule has 1 aromatic heterocycles. The minimum atomic E-state index is -0.0164. The van der Waals surface area contributed by atoms with E-state index in [2.05, 4.69) is 4.98 Å². The van der Waals surface area contributed by atoms with Gasteiger partial charge in [-0.05, 0) is 19.1 Å². The molecule has 1 aromatic rings. The van der Waals surface area contributed by atoms with Gasteiger partial charge in [-0.15, -0.1) is 24.8 Å². The quantitative estimate of drug-likeness (QED) is 0.804. The lowest BCUT2D eigenvalue weighted by Gasteiger charge is -2.02. The van der Waals surface area contributed by atoms with Crippen molar-refractivity contribution in [1.82, 2.24) is 4.98 Å². The number of nitrogens with two attached hydrogens (primary N) is 1. The summed E-state index contributed by atoms with van der Waals surface area (Å²) in [6, 6.07) is 3.59. The second-order valence-electron chi connectivity index (χ2n) is 2.19. The summed E-state index contributed by atoms with van der Waals surface area (Å²) in [6.45, 7) is 1.89. The van der Waals surface area contributed by atoms with Gasteiger partial charge in [0.1, 0.15) is 0 Å². The SMILES string of the molecule is C[C@@H](N)c1ccc(Cl)cn1.Cl.Cl. The van der Waals surface area contributed by atoms with Crippen molar-refractivity contribution >= 4 is 36.4 Å². The molecule has 0 unspecified atom stereocenters. The molecule has 0 aliphatic rings. The molecule has 0 aliphatic heterocycles. The summed E-state index contributed by atoms with van der Waals surface area (Å²) in [4.78, 5) is 4.02. The Kier molecular flexibility index (Phi) is 7.84. The number of aromatic nitrogens is 1. The van der Waals surface area contributed by atoms with Crippen LogP contribution >= 0.6 is 36.4 Å². The molecule has 0 spiro atoms. The molecule has 70 valence electrons. The highest BCUT2D eigenvalue weighted by molar-refractivity contribution is 6.30. The fourth-order valence-electron chi connectivity index (χ4n) is 0.657. The van der Waals surface area contributed by atoms with Crippen LogP contribution in [-0.2, 0) is 0 Å². The maximum Gasteiger partial charge on any atom is 0.0589 e. The Bertz CT molecular complexity index is 210. The fraction of sp³-hybridized carbons (Fsp3) is 0.286. The average Bonchev–Trinajstić information content (AvgIpc) is 1.88. The van der Waals surface area contributed by atoms with Crippen LogP contribution in [0, 0.1) is 0 Å². The van der Waals surface area contributed by atoms with E-state index in [4.69, 9.17) is 17.3 Å². The lowest BCUT2D eigenvalue weighted by atomic mass is 10.2. The zero-order chi connectivity index (χ0) is 7.56. The highest BCUT2D eigenvalue weighted by Crippen LogP contribution is 2.09. The van der Waals surface area contributed by atoms with Gasteiger partial charge in [-0.3, -0.25) is 4.98 Å². The molecule has 0 saturated carbocycles. The molecule has 0 fully saturated rings. The second-order valence-corrected chi connectivity index (χ2v) is 2.63. The van der Waals surface area contributed by atoms with Crippen molar-refractivity contribution in [3.05, 3.63) is 29.0 Å². The summed E-state index contributed by atoms with van der Waals surface area (Å²) < 4.78 is 0. The van der Waals surface area contributed by atoms with E-state index in [0.29, 0.717) is 5.02 Å². The molecular formula is C7H11Cl3N2. The van der Waals surface area contributed by atoms with E-state index in [9.17, 15) is 0 Å². The summed E-state index contributed by atoms with van der Waals surface area (Å²) in [6.07, 6.45) is 1.60.